The molecule has 30 heavy (non-hydrogen) atoms. The molecule has 1 amide bonds. The molecule has 0 radical (unpaired) electrons. The summed E-state index contributed by atoms with van der Waals surface area (Å²) >= 11 is 1.42. The topological polar surface area (TPSA) is 98.7 Å². The number of nitrogens with zero attached hydrogens (tertiary/aromatic N) is 3. The summed E-state index contributed by atoms with van der Waals surface area (Å²) in [6.45, 7) is 4.37. The van der Waals surface area contributed by atoms with E-state index in [0.717, 1.165) is 11.4 Å². The van der Waals surface area contributed by atoms with Crippen LogP contribution in [0.3, 0.4) is 0 Å². The molecule has 4 aromatic rings. The summed E-state index contributed by atoms with van der Waals surface area (Å²) in [6.07, 6.45) is 2.25. The summed E-state index contributed by atoms with van der Waals surface area (Å²) in [7, 11) is 0. The van der Waals surface area contributed by atoms with Gasteiger partial charge in [0.15, 0.2) is 5.76 Å². The normalized spacial score (nSPS) is 11.2. The maximum atomic E-state index is 12.3. The van der Waals surface area contributed by atoms with E-state index in [1.54, 1.807) is 36.4 Å². The molecule has 4 rings (SSSR count). The largest absolute Gasteiger partial charge is 0.487 e. The average Bonchev–Trinajstić information content (AvgIpc) is 3.37. The number of fused-ring (bicyclic) bond motifs is 1. The van der Waals surface area contributed by atoms with Crippen molar-refractivity contribution in [2.24, 2.45) is 5.92 Å². The third-order valence-corrected chi connectivity index (χ3v) is 5.10. The van der Waals surface area contributed by atoms with Crippen molar-refractivity contribution in [2.75, 3.05) is 5.32 Å². The first kappa shape index (κ1) is 19.8. The van der Waals surface area contributed by atoms with E-state index in [-0.39, 0.29) is 23.8 Å². The van der Waals surface area contributed by atoms with E-state index in [4.69, 9.17) is 9.15 Å². The molecular weight excluding hydrogens is 404 g/mol. The van der Waals surface area contributed by atoms with Gasteiger partial charge in [-0.2, -0.15) is 9.61 Å². The summed E-state index contributed by atoms with van der Waals surface area (Å²) in [6, 6.07) is 11.6. The molecule has 0 atom stereocenters. The fraction of sp³-hybridized carbons (Fsp3) is 0.238. The number of ether oxygens (including phenoxy) is 1. The number of carbonyl (C=O) groups excluding carboxylic acids is 1. The Bertz CT molecular complexity index is 1210. The van der Waals surface area contributed by atoms with Gasteiger partial charge >= 0.3 is 0 Å². The van der Waals surface area contributed by atoms with Crippen LogP contribution in [-0.4, -0.2) is 20.5 Å². The predicted octanol–water partition coefficient (Wildman–Crippen LogP) is 3.77. The zero-order valence-electron chi connectivity index (χ0n) is 16.5. The van der Waals surface area contributed by atoms with Crippen LogP contribution >= 0.6 is 11.3 Å². The molecule has 0 aliphatic rings. The van der Waals surface area contributed by atoms with E-state index in [1.165, 1.54) is 28.2 Å². The van der Waals surface area contributed by atoms with E-state index >= 15 is 0 Å². The van der Waals surface area contributed by atoms with Gasteiger partial charge in [0.05, 0.1) is 12.0 Å². The lowest BCUT2D eigenvalue weighted by atomic mass is 10.1. The van der Waals surface area contributed by atoms with Crippen molar-refractivity contribution < 1.29 is 13.9 Å². The first-order valence-corrected chi connectivity index (χ1v) is 10.3. The molecule has 0 bridgehead atoms. The van der Waals surface area contributed by atoms with E-state index < -0.39 is 0 Å². The van der Waals surface area contributed by atoms with Gasteiger partial charge in [0.1, 0.15) is 17.4 Å². The number of hydrogen-bond acceptors (Lipinski definition) is 7. The first-order valence-electron chi connectivity index (χ1n) is 9.44. The van der Waals surface area contributed by atoms with E-state index in [2.05, 4.69) is 29.2 Å². The lowest BCUT2D eigenvalue weighted by Crippen LogP contribution is -2.16. The monoisotopic (exact) mass is 424 g/mol. The number of hydrogen-bond donors (Lipinski definition) is 1. The summed E-state index contributed by atoms with van der Waals surface area (Å²) in [5.41, 5.74) is 0.930. The molecule has 0 spiro atoms. The Morgan fingerprint density at radius 3 is 2.77 bits per heavy atom. The van der Waals surface area contributed by atoms with E-state index in [1.807, 2.05) is 0 Å². The maximum absolute atomic E-state index is 12.3. The van der Waals surface area contributed by atoms with Gasteiger partial charge in [-0.1, -0.05) is 25.2 Å². The molecule has 3 aromatic heterocycles. The quantitative estimate of drug-likeness (QED) is 0.485. The Morgan fingerprint density at radius 1 is 1.27 bits per heavy atom. The van der Waals surface area contributed by atoms with Gasteiger partial charge in [0.2, 0.25) is 4.96 Å². The number of carbonyl (C=O) groups is 1. The summed E-state index contributed by atoms with van der Waals surface area (Å²) in [5, 5.41) is 7.97. The van der Waals surface area contributed by atoms with Crippen molar-refractivity contribution >= 4 is 27.9 Å². The van der Waals surface area contributed by atoms with E-state index in [9.17, 15) is 9.59 Å². The number of amides is 1. The number of anilines is 1. The average molecular weight is 424 g/mol. The maximum Gasteiger partial charge on any atom is 0.291 e. The summed E-state index contributed by atoms with van der Waals surface area (Å²) < 4.78 is 12.1. The Morgan fingerprint density at radius 2 is 2.07 bits per heavy atom. The van der Waals surface area contributed by atoms with Gasteiger partial charge in [-0.25, -0.2) is 4.98 Å². The first-order chi connectivity index (χ1) is 14.5. The summed E-state index contributed by atoms with van der Waals surface area (Å²) in [4.78, 5) is 29.4. The van der Waals surface area contributed by atoms with Crippen molar-refractivity contribution in [3.8, 4) is 5.75 Å². The minimum Gasteiger partial charge on any atom is -0.487 e. The van der Waals surface area contributed by atoms with Crippen molar-refractivity contribution in [1.82, 2.24) is 14.6 Å². The second-order valence-corrected chi connectivity index (χ2v) is 8.16. The molecule has 3 heterocycles. The Labute approximate surface area is 176 Å². The third-order valence-electron chi connectivity index (χ3n) is 4.17. The number of nitrogens with one attached hydrogen (secondary N) is 1. The molecule has 8 nitrogen and oxygen atoms in total. The van der Waals surface area contributed by atoms with Crippen LogP contribution in [0, 0.1) is 5.92 Å². The molecule has 1 N–H and O–H groups in total. The molecular formula is C21H20N4O4S. The highest BCUT2D eigenvalue weighted by molar-refractivity contribution is 7.16. The molecule has 0 saturated carbocycles. The lowest BCUT2D eigenvalue weighted by Gasteiger charge is -2.07. The summed E-state index contributed by atoms with van der Waals surface area (Å²) in [5.74, 6) is 0.962. The molecule has 9 heteroatoms. The molecule has 0 aliphatic heterocycles. The van der Waals surface area contributed by atoms with Crippen LogP contribution in [-0.2, 0) is 13.0 Å². The van der Waals surface area contributed by atoms with Crippen molar-refractivity contribution in [1.29, 1.82) is 0 Å². The minimum absolute atomic E-state index is 0.154. The van der Waals surface area contributed by atoms with Crippen LogP contribution in [0.25, 0.3) is 4.96 Å². The molecule has 1 aromatic carbocycles. The van der Waals surface area contributed by atoms with Crippen LogP contribution in [0.2, 0.25) is 0 Å². The van der Waals surface area contributed by atoms with Crippen molar-refractivity contribution in [3.63, 3.8) is 0 Å². The second kappa shape index (κ2) is 8.50. The Balaban J connectivity index is 1.41. The van der Waals surface area contributed by atoms with Crippen LogP contribution in [0.15, 0.2) is 57.9 Å². The van der Waals surface area contributed by atoms with Gasteiger partial charge in [-0.3, -0.25) is 9.59 Å². The van der Waals surface area contributed by atoms with Crippen molar-refractivity contribution in [2.45, 2.75) is 26.9 Å². The smallest absolute Gasteiger partial charge is 0.291 e. The third kappa shape index (κ3) is 4.57. The van der Waals surface area contributed by atoms with Crippen LogP contribution in [0.1, 0.15) is 35.1 Å². The predicted molar refractivity (Wildman–Crippen MR) is 113 cm³/mol. The van der Waals surface area contributed by atoms with Gasteiger partial charge in [0.25, 0.3) is 11.5 Å². The van der Waals surface area contributed by atoms with Crippen molar-refractivity contribution in [3.05, 3.63) is 75.5 Å². The zero-order chi connectivity index (χ0) is 21.1. The highest BCUT2D eigenvalue weighted by atomic mass is 32.1. The number of aromatic nitrogens is 3. The molecule has 154 valence electrons. The Kier molecular flexibility index (Phi) is 5.62. The minimum atomic E-state index is -0.326. The SMILES string of the molecule is CC(C)Cc1nn2c(=O)cc(COc3ccc(NC(=O)c4ccco4)cc3)nc2s1. The zero-order valence-corrected chi connectivity index (χ0v) is 17.3. The fourth-order valence-electron chi connectivity index (χ4n) is 2.79. The highest BCUT2D eigenvalue weighted by Gasteiger charge is 2.11. The molecule has 0 saturated heterocycles. The molecule has 0 aliphatic carbocycles. The molecule has 0 unspecified atom stereocenters. The second-order valence-electron chi connectivity index (χ2n) is 7.12. The van der Waals surface area contributed by atoms with Crippen LogP contribution < -0.4 is 15.6 Å². The standard InChI is InChI=1S/C21H20N4O4S/c1-13(2)10-18-24-25-19(26)11-15(23-21(25)30-18)12-29-16-7-5-14(6-8-16)22-20(27)17-4-3-9-28-17/h3-9,11,13H,10,12H2,1-2H3,(H,22,27). The van der Waals surface area contributed by atoms with Gasteiger partial charge in [-0.05, 0) is 42.3 Å². The number of furan rings is 1. The van der Waals surface area contributed by atoms with Gasteiger partial charge in [0, 0.05) is 18.2 Å². The van der Waals surface area contributed by atoms with Gasteiger partial charge in [-0.15, -0.1) is 0 Å². The van der Waals surface area contributed by atoms with Crippen LogP contribution in [0.4, 0.5) is 5.69 Å². The fourth-order valence-corrected chi connectivity index (χ4v) is 3.92. The number of rotatable bonds is 7. The Hall–Kier alpha value is -3.46. The lowest BCUT2D eigenvalue weighted by molar-refractivity contribution is 0.0996. The van der Waals surface area contributed by atoms with Crippen LogP contribution in [0.5, 0.6) is 5.75 Å². The van der Waals surface area contributed by atoms with E-state index in [0.29, 0.717) is 28.0 Å². The molecule has 0 fully saturated rings. The number of benzene rings is 1. The van der Waals surface area contributed by atoms with Gasteiger partial charge < -0.3 is 14.5 Å². The highest BCUT2D eigenvalue weighted by Crippen LogP contribution is 2.19.